The predicted molar refractivity (Wildman–Crippen MR) is 61.2 cm³/mol. The fourth-order valence-corrected chi connectivity index (χ4v) is 2.36. The molecule has 0 atom stereocenters. The molecule has 2 N–H and O–H groups in total. The molecule has 0 amide bonds. The summed E-state index contributed by atoms with van der Waals surface area (Å²) < 4.78 is 0. The molecular weight excluding hydrogens is 170 g/mol. The maximum absolute atomic E-state index is 5.68. The Balaban J connectivity index is 2.05. The summed E-state index contributed by atoms with van der Waals surface area (Å²) >= 11 is 0. The molecule has 76 valence electrons. The van der Waals surface area contributed by atoms with Crippen molar-refractivity contribution in [1.82, 2.24) is 0 Å². The lowest BCUT2D eigenvalue weighted by Crippen LogP contribution is -2.10. The lowest BCUT2D eigenvalue weighted by Gasteiger charge is -2.26. The van der Waals surface area contributed by atoms with E-state index < -0.39 is 0 Å². The molecule has 0 heterocycles. The van der Waals surface area contributed by atoms with Gasteiger partial charge in [-0.05, 0) is 42.4 Å². The molecule has 1 fully saturated rings. The minimum atomic E-state index is 0.784. The van der Waals surface area contributed by atoms with Gasteiger partial charge in [0, 0.05) is 5.69 Å². The Morgan fingerprint density at radius 1 is 1.00 bits per heavy atom. The van der Waals surface area contributed by atoms with E-state index in [0.717, 1.165) is 17.5 Å². The van der Waals surface area contributed by atoms with Gasteiger partial charge in [0.05, 0.1) is 0 Å². The molecule has 1 aromatic rings. The third-order valence-corrected chi connectivity index (χ3v) is 3.42. The minimum Gasteiger partial charge on any atom is -0.399 e. The van der Waals surface area contributed by atoms with E-state index in [9.17, 15) is 0 Å². The molecule has 0 spiro atoms. The van der Waals surface area contributed by atoms with Crippen LogP contribution in [0.3, 0.4) is 0 Å². The van der Waals surface area contributed by atoms with Crippen LogP contribution in [0.25, 0.3) is 0 Å². The van der Waals surface area contributed by atoms with E-state index >= 15 is 0 Å². The van der Waals surface area contributed by atoms with Gasteiger partial charge in [0.2, 0.25) is 0 Å². The van der Waals surface area contributed by atoms with Crippen molar-refractivity contribution in [2.45, 2.75) is 38.5 Å². The van der Waals surface area contributed by atoms with Gasteiger partial charge >= 0.3 is 0 Å². The fraction of sp³-hybridized carbons (Fsp3) is 0.538. The van der Waals surface area contributed by atoms with Crippen LogP contribution in [0.5, 0.6) is 0 Å². The second-order valence-electron chi connectivity index (χ2n) is 4.62. The SMILES string of the molecule is CC1CCC(c2ccc(N)cc2)CC1. The zero-order valence-electron chi connectivity index (χ0n) is 8.87. The summed E-state index contributed by atoms with van der Waals surface area (Å²) in [4.78, 5) is 0. The van der Waals surface area contributed by atoms with Crippen LogP contribution in [0, 0.1) is 5.92 Å². The molecule has 0 saturated heterocycles. The summed E-state index contributed by atoms with van der Waals surface area (Å²) in [6, 6.07) is 8.42. The Hall–Kier alpha value is -0.980. The predicted octanol–water partition coefficient (Wildman–Crippen LogP) is 3.56. The lowest BCUT2D eigenvalue weighted by atomic mass is 9.79. The smallest absolute Gasteiger partial charge is 0.0314 e. The van der Waals surface area contributed by atoms with Crippen molar-refractivity contribution in [2.24, 2.45) is 5.92 Å². The van der Waals surface area contributed by atoms with Crippen molar-refractivity contribution >= 4 is 5.69 Å². The first-order valence-corrected chi connectivity index (χ1v) is 5.61. The van der Waals surface area contributed by atoms with Crippen LogP contribution in [0.15, 0.2) is 24.3 Å². The number of benzene rings is 1. The largest absolute Gasteiger partial charge is 0.399 e. The average Bonchev–Trinajstić information content (AvgIpc) is 2.21. The first-order chi connectivity index (χ1) is 6.75. The van der Waals surface area contributed by atoms with Gasteiger partial charge in [-0.25, -0.2) is 0 Å². The van der Waals surface area contributed by atoms with Crippen molar-refractivity contribution in [1.29, 1.82) is 0 Å². The lowest BCUT2D eigenvalue weighted by molar-refractivity contribution is 0.348. The van der Waals surface area contributed by atoms with Gasteiger partial charge < -0.3 is 5.73 Å². The molecule has 0 aliphatic heterocycles. The fourth-order valence-electron chi connectivity index (χ4n) is 2.36. The molecule has 1 aliphatic rings. The van der Waals surface area contributed by atoms with Crippen LogP contribution in [-0.4, -0.2) is 0 Å². The highest BCUT2D eigenvalue weighted by Gasteiger charge is 2.19. The van der Waals surface area contributed by atoms with Crippen LogP contribution in [-0.2, 0) is 0 Å². The summed E-state index contributed by atoms with van der Waals surface area (Å²) in [5, 5.41) is 0. The first kappa shape index (κ1) is 9.57. The molecule has 0 unspecified atom stereocenters. The molecule has 1 aliphatic carbocycles. The van der Waals surface area contributed by atoms with Gasteiger partial charge in [-0.1, -0.05) is 31.9 Å². The topological polar surface area (TPSA) is 26.0 Å². The molecule has 0 radical (unpaired) electrons. The highest BCUT2D eigenvalue weighted by Crippen LogP contribution is 2.35. The minimum absolute atomic E-state index is 0.784. The van der Waals surface area contributed by atoms with Crippen molar-refractivity contribution in [2.75, 3.05) is 5.73 Å². The third kappa shape index (κ3) is 2.09. The van der Waals surface area contributed by atoms with Crippen LogP contribution < -0.4 is 5.73 Å². The highest BCUT2D eigenvalue weighted by molar-refractivity contribution is 5.40. The summed E-state index contributed by atoms with van der Waals surface area (Å²) in [6.07, 6.45) is 5.47. The number of rotatable bonds is 1. The number of hydrogen-bond donors (Lipinski definition) is 1. The van der Waals surface area contributed by atoms with Gasteiger partial charge in [0.15, 0.2) is 0 Å². The zero-order chi connectivity index (χ0) is 9.97. The number of nitrogens with two attached hydrogens (primary N) is 1. The Morgan fingerprint density at radius 3 is 2.14 bits per heavy atom. The van der Waals surface area contributed by atoms with Crippen molar-refractivity contribution in [3.63, 3.8) is 0 Å². The monoisotopic (exact) mass is 189 g/mol. The third-order valence-electron chi connectivity index (χ3n) is 3.42. The standard InChI is InChI=1S/C13H19N/c1-10-2-4-11(5-3-10)12-6-8-13(14)9-7-12/h6-11H,2-5,14H2,1H3. The maximum atomic E-state index is 5.68. The first-order valence-electron chi connectivity index (χ1n) is 5.61. The van der Waals surface area contributed by atoms with Gasteiger partial charge in [0.25, 0.3) is 0 Å². The van der Waals surface area contributed by atoms with Crippen molar-refractivity contribution < 1.29 is 0 Å². The molecule has 0 aromatic heterocycles. The van der Waals surface area contributed by atoms with E-state index in [1.807, 2.05) is 12.1 Å². The van der Waals surface area contributed by atoms with Crippen molar-refractivity contribution in [3.05, 3.63) is 29.8 Å². The summed E-state index contributed by atoms with van der Waals surface area (Å²) in [5.41, 5.74) is 8.03. The number of hydrogen-bond acceptors (Lipinski definition) is 1. The van der Waals surface area contributed by atoms with E-state index in [0.29, 0.717) is 0 Å². The van der Waals surface area contributed by atoms with Gasteiger partial charge in [-0.2, -0.15) is 0 Å². The van der Waals surface area contributed by atoms with Gasteiger partial charge in [-0.15, -0.1) is 0 Å². The average molecular weight is 189 g/mol. The van der Waals surface area contributed by atoms with Gasteiger partial charge in [-0.3, -0.25) is 0 Å². The van der Waals surface area contributed by atoms with E-state index in [2.05, 4.69) is 19.1 Å². The Kier molecular flexibility index (Phi) is 2.76. The van der Waals surface area contributed by atoms with E-state index in [1.165, 1.54) is 31.2 Å². The number of anilines is 1. The number of nitrogen functional groups attached to an aromatic ring is 1. The van der Waals surface area contributed by atoms with E-state index in [-0.39, 0.29) is 0 Å². The van der Waals surface area contributed by atoms with Crippen molar-refractivity contribution in [3.8, 4) is 0 Å². The summed E-state index contributed by atoms with van der Waals surface area (Å²) in [7, 11) is 0. The molecule has 0 bridgehead atoms. The van der Waals surface area contributed by atoms with Crippen LogP contribution in [0.1, 0.15) is 44.1 Å². The van der Waals surface area contributed by atoms with E-state index in [1.54, 1.807) is 0 Å². The quantitative estimate of drug-likeness (QED) is 0.672. The molecule has 1 aromatic carbocycles. The molecule has 14 heavy (non-hydrogen) atoms. The highest BCUT2D eigenvalue weighted by atomic mass is 14.5. The Labute approximate surface area is 86.3 Å². The normalized spacial score (nSPS) is 27.5. The molecule has 1 heteroatoms. The van der Waals surface area contributed by atoms with Crippen LogP contribution in [0.2, 0.25) is 0 Å². The molecule has 2 rings (SSSR count). The summed E-state index contributed by atoms with van der Waals surface area (Å²) in [6.45, 7) is 2.36. The zero-order valence-corrected chi connectivity index (χ0v) is 8.87. The van der Waals surface area contributed by atoms with Crippen LogP contribution >= 0.6 is 0 Å². The maximum Gasteiger partial charge on any atom is 0.0314 e. The van der Waals surface area contributed by atoms with E-state index in [4.69, 9.17) is 5.73 Å². The van der Waals surface area contributed by atoms with Gasteiger partial charge in [0.1, 0.15) is 0 Å². The Bertz CT molecular complexity index is 281. The summed E-state index contributed by atoms with van der Waals surface area (Å²) in [5.74, 6) is 1.71. The van der Waals surface area contributed by atoms with Crippen LogP contribution in [0.4, 0.5) is 5.69 Å². The second kappa shape index (κ2) is 4.04. The molecular formula is C13H19N. The second-order valence-corrected chi connectivity index (χ2v) is 4.62. The molecule has 1 saturated carbocycles. The molecule has 1 nitrogen and oxygen atoms in total. The Morgan fingerprint density at radius 2 is 1.57 bits per heavy atom.